The van der Waals surface area contributed by atoms with E-state index in [1.165, 1.54) is 37.7 Å². The minimum absolute atomic E-state index is 0.277. The van der Waals surface area contributed by atoms with Gasteiger partial charge in [0.2, 0.25) is 0 Å². The normalized spacial score (nSPS) is 40.4. The lowest BCUT2D eigenvalue weighted by molar-refractivity contribution is -0.132. The number of hydrogen-bond donors (Lipinski definition) is 0. The molecule has 3 heteroatoms. The van der Waals surface area contributed by atoms with E-state index >= 15 is 0 Å². The largest absolute Gasteiger partial charge is 0.359 e. The fourth-order valence-corrected chi connectivity index (χ4v) is 6.51. The van der Waals surface area contributed by atoms with Crippen LogP contribution in [0.4, 0.5) is 0 Å². The van der Waals surface area contributed by atoms with Crippen LogP contribution in [0.3, 0.4) is 0 Å². The maximum atomic E-state index is 11.8. The van der Waals surface area contributed by atoms with Crippen LogP contribution in [0.1, 0.15) is 65.2 Å². The second kappa shape index (κ2) is 6.66. The summed E-state index contributed by atoms with van der Waals surface area (Å²) in [6.07, 6.45) is 11.2. The van der Waals surface area contributed by atoms with Crippen molar-refractivity contribution < 1.29 is 14.3 Å². The molecule has 0 bridgehead atoms. The van der Waals surface area contributed by atoms with Crippen molar-refractivity contribution in [3.8, 4) is 0 Å². The molecule has 4 aliphatic carbocycles. The lowest BCUT2D eigenvalue weighted by Gasteiger charge is -2.49. The summed E-state index contributed by atoms with van der Waals surface area (Å²) in [6.45, 7) is 5.20. The van der Waals surface area contributed by atoms with Gasteiger partial charge in [0, 0.05) is 13.5 Å². The van der Waals surface area contributed by atoms with Crippen LogP contribution in [-0.2, 0) is 14.3 Å². The van der Waals surface area contributed by atoms with E-state index in [2.05, 4.69) is 13.8 Å². The van der Waals surface area contributed by atoms with E-state index in [9.17, 15) is 4.79 Å². The zero-order chi connectivity index (χ0) is 17.6. The van der Waals surface area contributed by atoms with Gasteiger partial charge < -0.3 is 9.47 Å². The third-order valence-corrected chi connectivity index (χ3v) is 7.69. The Hall–Kier alpha value is -0.930. The molecular weight excluding hydrogens is 312 g/mol. The fraction of sp³-hybridized carbons (Fsp3) is 0.773. The van der Waals surface area contributed by atoms with Crippen LogP contribution >= 0.6 is 0 Å². The molecule has 0 aromatic carbocycles. The van der Waals surface area contributed by atoms with Crippen LogP contribution in [0, 0.1) is 23.2 Å². The van der Waals surface area contributed by atoms with Crippen molar-refractivity contribution >= 4 is 5.78 Å². The van der Waals surface area contributed by atoms with E-state index < -0.39 is 0 Å². The Morgan fingerprint density at radius 3 is 2.84 bits per heavy atom. The molecule has 4 rings (SSSR count). The second-order valence-electron chi connectivity index (χ2n) is 8.79. The molecule has 0 heterocycles. The number of carbonyl (C=O) groups is 1. The number of methoxy groups -OCH3 is 1. The van der Waals surface area contributed by atoms with Crippen molar-refractivity contribution in [1.29, 1.82) is 0 Å². The SMILES string of the molecule is CC[C@H]1C[C@H]2[C@@H]3CCC4=CC(=O)CCC4=C3CC[C@]2(C)[C@H]1OCOC. The highest BCUT2D eigenvalue weighted by Gasteiger charge is 2.57. The molecule has 0 aromatic rings. The Bertz CT molecular complexity index is 617. The van der Waals surface area contributed by atoms with Gasteiger partial charge >= 0.3 is 0 Å². The first-order chi connectivity index (χ1) is 12.1. The van der Waals surface area contributed by atoms with Gasteiger partial charge in [-0.05, 0) is 78.9 Å². The van der Waals surface area contributed by atoms with Gasteiger partial charge in [-0.2, -0.15) is 0 Å². The minimum Gasteiger partial charge on any atom is -0.359 e. The molecule has 5 atom stereocenters. The third-order valence-electron chi connectivity index (χ3n) is 7.69. The van der Waals surface area contributed by atoms with Gasteiger partial charge in [-0.25, -0.2) is 0 Å². The summed E-state index contributed by atoms with van der Waals surface area (Å²) in [5.41, 5.74) is 4.91. The number of ketones is 1. The summed E-state index contributed by atoms with van der Waals surface area (Å²) >= 11 is 0. The van der Waals surface area contributed by atoms with E-state index in [0.717, 1.165) is 18.8 Å². The molecule has 25 heavy (non-hydrogen) atoms. The van der Waals surface area contributed by atoms with Gasteiger partial charge in [-0.3, -0.25) is 4.79 Å². The van der Waals surface area contributed by atoms with Crippen LogP contribution in [0.15, 0.2) is 22.8 Å². The van der Waals surface area contributed by atoms with E-state index in [4.69, 9.17) is 9.47 Å². The number of fused-ring (bicyclic) bond motifs is 4. The first-order valence-electron chi connectivity index (χ1n) is 10.1. The molecule has 0 amide bonds. The topological polar surface area (TPSA) is 35.5 Å². The van der Waals surface area contributed by atoms with Crippen LogP contribution < -0.4 is 0 Å². The quantitative estimate of drug-likeness (QED) is 0.686. The van der Waals surface area contributed by atoms with Gasteiger partial charge in [0.05, 0.1) is 6.10 Å². The van der Waals surface area contributed by atoms with Gasteiger partial charge in [0.25, 0.3) is 0 Å². The summed E-state index contributed by atoms with van der Waals surface area (Å²) in [5.74, 6) is 2.43. The molecule has 0 N–H and O–H groups in total. The Morgan fingerprint density at radius 1 is 1.24 bits per heavy atom. The van der Waals surface area contributed by atoms with E-state index in [1.54, 1.807) is 18.3 Å². The molecule has 2 saturated carbocycles. The predicted molar refractivity (Wildman–Crippen MR) is 98.1 cm³/mol. The van der Waals surface area contributed by atoms with Crippen molar-refractivity contribution in [3.63, 3.8) is 0 Å². The summed E-state index contributed by atoms with van der Waals surface area (Å²) in [6, 6.07) is 0. The highest BCUT2D eigenvalue weighted by Crippen LogP contribution is 2.62. The van der Waals surface area contributed by atoms with Crippen LogP contribution in [0.25, 0.3) is 0 Å². The minimum atomic E-state index is 0.277. The molecule has 0 saturated heterocycles. The second-order valence-corrected chi connectivity index (χ2v) is 8.79. The average Bonchev–Trinajstić information content (AvgIpc) is 2.91. The molecule has 0 aliphatic heterocycles. The van der Waals surface area contributed by atoms with Gasteiger partial charge in [-0.15, -0.1) is 0 Å². The fourth-order valence-electron chi connectivity index (χ4n) is 6.51. The Morgan fingerprint density at radius 2 is 2.08 bits per heavy atom. The first kappa shape index (κ1) is 17.5. The number of carbonyl (C=O) groups excluding carboxylic acids is 1. The third kappa shape index (κ3) is 2.75. The van der Waals surface area contributed by atoms with Crippen LogP contribution in [0.5, 0.6) is 0 Å². The predicted octanol–water partition coefficient (Wildman–Crippen LogP) is 4.82. The number of ether oxygens (including phenoxy) is 2. The lowest BCUT2D eigenvalue weighted by atomic mass is 9.57. The monoisotopic (exact) mass is 344 g/mol. The molecule has 0 unspecified atom stereocenters. The standard InChI is InChI=1S/C22H32O3/c1-4-14-12-20-19-7-5-15-11-16(23)6-8-17(15)18(19)9-10-22(20,2)21(14)25-13-24-3/h11,14,19-21H,4-10,12-13H2,1-3H3/t14-,19+,20-,21-,22-/m0/s1. The van der Waals surface area contributed by atoms with Gasteiger partial charge in [0.15, 0.2) is 5.78 Å². The maximum absolute atomic E-state index is 11.8. The Balaban J connectivity index is 1.66. The highest BCUT2D eigenvalue weighted by atomic mass is 16.7. The van der Waals surface area contributed by atoms with E-state index in [0.29, 0.717) is 36.9 Å². The van der Waals surface area contributed by atoms with Crippen molar-refractivity contribution in [2.24, 2.45) is 23.2 Å². The number of hydrogen-bond acceptors (Lipinski definition) is 3. The molecular formula is C22H32O3. The first-order valence-corrected chi connectivity index (χ1v) is 10.1. The van der Waals surface area contributed by atoms with Crippen LogP contribution in [-0.4, -0.2) is 25.8 Å². The van der Waals surface area contributed by atoms with Gasteiger partial charge in [-0.1, -0.05) is 25.8 Å². The molecule has 138 valence electrons. The smallest absolute Gasteiger partial charge is 0.156 e. The maximum Gasteiger partial charge on any atom is 0.156 e. The molecule has 0 spiro atoms. The van der Waals surface area contributed by atoms with E-state index in [1.807, 2.05) is 6.08 Å². The summed E-state index contributed by atoms with van der Waals surface area (Å²) in [5, 5.41) is 0. The lowest BCUT2D eigenvalue weighted by Crippen LogP contribution is -2.44. The molecule has 4 aliphatic rings. The zero-order valence-electron chi connectivity index (χ0n) is 16.0. The van der Waals surface area contributed by atoms with Crippen molar-refractivity contribution in [3.05, 3.63) is 22.8 Å². The van der Waals surface area contributed by atoms with Gasteiger partial charge in [0.1, 0.15) is 6.79 Å². The number of allylic oxidation sites excluding steroid dienone is 4. The number of rotatable bonds is 4. The highest BCUT2D eigenvalue weighted by molar-refractivity contribution is 5.93. The average molecular weight is 344 g/mol. The van der Waals surface area contributed by atoms with E-state index in [-0.39, 0.29) is 5.41 Å². The molecule has 0 radical (unpaired) electrons. The van der Waals surface area contributed by atoms with Crippen molar-refractivity contribution in [1.82, 2.24) is 0 Å². The Labute approximate surface area is 151 Å². The molecule has 2 fully saturated rings. The van der Waals surface area contributed by atoms with Crippen molar-refractivity contribution in [2.75, 3.05) is 13.9 Å². The summed E-state index contributed by atoms with van der Waals surface area (Å²) < 4.78 is 11.5. The van der Waals surface area contributed by atoms with Crippen LogP contribution in [0.2, 0.25) is 0 Å². The molecule has 3 nitrogen and oxygen atoms in total. The zero-order valence-corrected chi connectivity index (χ0v) is 16.0. The summed E-state index contributed by atoms with van der Waals surface area (Å²) in [7, 11) is 1.72. The van der Waals surface area contributed by atoms with Crippen molar-refractivity contribution in [2.45, 2.75) is 71.3 Å². The summed E-state index contributed by atoms with van der Waals surface area (Å²) in [4.78, 5) is 11.8. The molecule has 0 aromatic heterocycles. The Kier molecular flexibility index (Phi) is 4.66.